The topological polar surface area (TPSA) is 60.4 Å². The molecule has 0 spiro atoms. The summed E-state index contributed by atoms with van der Waals surface area (Å²) in [4.78, 5) is 13.4. The second-order valence-electron chi connectivity index (χ2n) is 4.26. The van der Waals surface area contributed by atoms with E-state index in [1.54, 1.807) is 0 Å². The van der Waals surface area contributed by atoms with Crippen LogP contribution in [0.15, 0.2) is 0 Å². The number of nitrogens with two attached hydrogens (primary N) is 1. The van der Waals surface area contributed by atoms with Crippen LogP contribution in [0, 0.1) is 0 Å². The molecule has 2 fully saturated rings. The van der Waals surface area contributed by atoms with Crippen LogP contribution in [0.1, 0.15) is 25.7 Å². The zero-order chi connectivity index (χ0) is 9.97. The summed E-state index contributed by atoms with van der Waals surface area (Å²) in [5.41, 5.74) is 5.27. The zero-order valence-electron chi connectivity index (χ0n) is 8.48. The fourth-order valence-corrected chi connectivity index (χ4v) is 2.49. The van der Waals surface area contributed by atoms with Gasteiger partial charge in [-0.15, -0.1) is 0 Å². The molecule has 0 aromatic carbocycles. The molecule has 14 heavy (non-hydrogen) atoms. The van der Waals surface area contributed by atoms with Gasteiger partial charge in [0.15, 0.2) is 0 Å². The summed E-state index contributed by atoms with van der Waals surface area (Å²) in [6.07, 6.45) is 5.23. The third kappa shape index (κ3) is 2.07. The third-order valence-electron chi connectivity index (χ3n) is 3.31. The highest BCUT2D eigenvalue weighted by Crippen LogP contribution is 2.24. The highest BCUT2D eigenvalue weighted by molar-refractivity contribution is 5.80. The van der Waals surface area contributed by atoms with E-state index in [4.69, 9.17) is 5.73 Å². The molecule has 1 heterocycles. The third-order valence-corrected chi connectivity index (χ3v) is 3.31. The van der Waals surface area contributed by atoms with E-state index in [9.17, 15) is 4.79 Å². The van der Waals surface area contributed by atoms with Crippen LogP contribution in [0.4, 0.5) is 0 Å². The number of primary amides is 1. The van der Waals surface area contributed by atoms with E-state index in [1.807, 2.05) is 0 Å². The zero-order valence-corrected chi connectivity index (χ0v) is 8.48. The van der Waals surface area contributed by atoms with Crippen LogP contribution in [-0.2, 0) is 4.79 Å². The number of hydrogen-bond acceptors (Lipinski definition) is 2. The number of carbonyl (C=O) groups excluding carboxylic acids is 1. The molecule has 1 radical (unpaired) electrons. The fraction of sp³-hybridized carbons (Fsp3) is 0.900. The summed E-state index contributed by atoms with van der Waals surface area (Å²) in [6.45, 7) is 2.53. The van der Waals surface area contributed by atoms with Gasteiger partial charge in [0.05, 0.1) is 0 Å². The summed E-state index contributed by atoms with van der Waals surface area (Å²) in [7, 11) is 0. The van der Waals surface area contributed by atoms with Gasteiger partial charge in [0, 0.05) is 25.7 Å². The summed E-state index contributed by atoms with van der Waals surface area (Å²) in [5.74, 6) is -0.271. The van der Waals surface area contributed by atoms with Crippen molar-refractivity contribution in [3.8, 4) is 0 Å². The lowest BCUT2D eigenvalue weighted by Gasteiger charge is -2.35. The van der Waals surface area contributed by atoms with Gasteiger partial charge in [-0.2, -0.15) is 0 Å². The summed E-state index contributed by atoms with van der Waals surface area (Å²) >= 11 is 0. The molecular formula is C10H18N3O. The molecule has 0 aromatic heterocycles. The maximum absolute atomic E-state index is 11.0. The first kappa shape index (κ1) is 9.93. The molecule has 2 aliphatic rings. The minimum atomic E-state index is -0.271. The number of rotatable bonds is 2. The lowest BCUT2D eigenvalue weighted by Crippen LogP contribution is -2.55. The Bertz CT molecular complexity index is 213. The molecule has 2 N–H and O–H groups in total. The Morgan fingerprint density at radius 2 is 2.07 bits per heavy atom. The van der Waals surface area contributed by atoms with Gasteiger partial charge in [-0.3, -0.25) is 9.69 Å². The average molecular weight is 196 g/mol. The Morgan fingerprint density at radius 1 is 1.36 bits per heavy atom. The largest absolute Gasteiger partial charge is 0.368 e. The number of nitrogens with zero attached hydrogens (tertiary/aromatic N) is 2. The maximum atomic E-state index is 11.0. The van der Waals surface area contributed by atoms with Gasteiger partial charge in [0.25, 0.3) is 0 Å². The first-order valence-corrected chi connectivity index (χ1v) is 5.47. The molecule has 0 bridgehead atoms. The van der Waals surface area contributed by atoms with E-state index in [2.05, 4.69) is 10.2 Å². The number of amides is 1. The summed E-state index contributed by atoms with van der Waals surface area (Å²) in [5, 5.41) is 4.23. The molecule has 1 saturated carbocycles. The highest BCUT2D eigenvalue weighted by Gasteiger charge is 2.30. The first-order chi connectivity index (χ1) is 6.77. The standard InChI is InChI=1S/C10H18N3O/c11-10(14)9-7-13(6-5-12-9)8-3-1-2-4-8/h8-9H,1-7H2,(H2,11,14). The van der Waals surface area contributed by atoms with Gasteiger partial charge in [-0.25, -0.2) is 5.32 Å². The number of hydrogen-bond donors (Lipinski definition) is 1. The van der Waals surface area contributed by atoms with Crippen molar-refractivity contribution in [1.82, 2.24) is 10.2 Å². The van der Waals surface area contributed by atoms with Gasteiger partial charge in [-0.1, -0.05) is 12.8 Å². The Kier molecular flexibility index (Phi) is 3.03. The van der Waals surface area contributed by atoms with Gasteiger partial charge in [0.2, 0.25) is 5.91 Å². The Hall–Kier alpha value is -0.610. The van der Waals surface area contributed by atoms with E-state index in [1.165, 1.54) is 25.7 Å². The molecule has 4 nitrogen and oxygen atoms in total. The van der Waals surface area contributed by atoms with Gasteiger partial charge in [0.1, 0.15) is 6.04 Å². The molecule has 2 rings (SSSR count). The maximum Gasteiger partial charge on any atom is 0.237 e. The second-order valence-corrected chi connectivity index (χ2v) is 4.26. The Labute approximate surface area is 84.8 Å². The van der Waals surface area contributed by atoms with Crippen molar-refractivity contribution in [2.75, 3.05) is 19.6 Å². The molecule has 1 amide bonds. The first-order valence-electron chi connectivity index (χ1n) is 5.47. The SMILES string of the molecule is NC(=O)C1CN(C2CCCC2)CC[N]1. The van der Waals surface area contributed by atoms with Crippen molar-refractivity contribution < 1.29 is 4.79 Å². The number of carbonyl (C=O) groups is 1. The van der Waals surface area contributed by atoms with Gasteiger partial charge < -0.3 is 5.73 Å². The van der Waals surface area contributed by atoms with Crippen molar-refractivity contribution in [3.05, 3.63) is 0 Å². The molecule has 1 unspecified atom stereocenters. The average Bonchev–Trinajstić information content (AvgIpc) is 2.71. The Morgan fingerprint density at radius 3 is 2.71 bits per heavy atom. The molecule has 1 aliphatic carbocycles. The van der Waals surface area contributed by atoms with Crippen LogP contribution < -0.4 is 11.1 Å². The molecule has 1 saturated heterocycles. The van der Waals surface area contributed by atoms with E-state index in [0.29, 0.717) is 6.04 Å². The summed E-state index contributed by atoms with van der Waals surface area (Å²) in [6, 6.07) is 0.427. The quantitative estimate of drug-likeness (QED) is 0.659. The fourth-order valence-electron chi connectivity index (χ4n) is 2.49. The Balaban J connectivity index is 1.89. The minimum absolute atomic E-state index is 0.260. The molecular weight excluding hydrogens is 178 g/mol. The van der Waals surface area contributed by atoms with Crippen molar-refractivity contribution in [3.63, 3.8) is 0 Å². The lowest BCUT2D eigenvalue weighted by molar-refractivity contribution is -0.121. The smallest absolute Gasteiger partial charge is 0.237 e. The molecule has 4 heteroatoms. The van der Waals surface area contributed by atoms with Gasteiger partial charge in [-0.05, 0) is 12.8 Å². The summed E-state index contributed by atoms with van der Waals surface area (Å²) < 4.78 is 0. The molecule has 0 aromatic rings. The van der Waals surface area contributed by atoms with Crippen LogP contribution in [-0.4, -0.2) is 42.5 Å². The van der Waals surface area contributed by atoms with E-state index in [0.717, 1.165) is 19.6 Å². The van der Waals surface area contributed by atoms with Crippen LogP contribution in [0.5, 0.6) is 0 Å². The van der Waals surface area contributed by atoms with E-state index in [-0.39, 0.29) is 11.9 Å². The normalized spacial score (nSPS) is 30.7. The van der Waals surface area contributed by atoms with Gasteiger partial charge >= 0.3 is 0 Å². The van der Waals surface area contributed by atoms with Crippen molar-refractivity contribution in [2.24, 2.45) is 5.73 Å². The number of piperazine rings is 1. The van der Waals surface area contributed by atoms with Crippen molar-refractivity contribution in [2.45, 2.75) is 37.8 Å². The van der Waals surface area contributed by atoms with Crippen LogP contribution in [0.3, 0.4) is 0 Å². The highest BCUT2D eigenvalue weighted by atomic mass is 16.1. The molecule has 1 aliphatic heterocycles. The minimum Gasteiger partial charge on any atom is -0.368 e. The van der Waals surface area contributed by atoms with E-state index >= 15 is 0 Å². The van der Waals surface area contributed by atoms with Crippen LogP contribution in [0.2, 0.25) is 0 Å². The van der Waals surface area contributed by atoms with E-state index < -0.39 is 0 Å². The molecule has 79 valence electrons. The van der Waals surface area contributed by atoms with Crippen molar-refractivity contribution >= 4 is 5.91 Å². The molecule has 1 atom stereocenters. The predicted molar refractivity (Wildman–Crippen MR) is 53.8 cm³/mol. The lowest BCUT2D eigenvalue weighted by atomic mass is 10.1. The predicted octanol–water partition coefficient (Wildman–Crippen LogP) is -0.297. The van der Waals surface area contributed by atoms with Crippen molar-refractivity contribution in [1.29, 1.82) is 0 Å². The van der Waals surface area contributed by atoms with Crippen LogP contribution in [0.25, 0.3) is 0 Å². The second kappa shape index (κ2) is 4.28. The van der Waals surface area contributed by atoms with Crippen LogP contribution >= 0.6 is 0 Å². The monoisotopic (exact) mass is 196 g/mol.